The maximum atomic E-state index is 14.1. The summed E-state index contributed by atoms with van der Waals surface area (Å²) in [5, 5.41) is 6.51. The van der Waals surface area contributed by atoms with Gasteiger partial charge in [0.15, 0.2) is 0 Å². The van der Waals surface area contributed by atoms with E-state index < -0.39 is 0 Å². The Morgan fingerprint density at radius 3 is 2.75 bits per heavy atom. The lowest BCUT2D eigenvalue weighted by Crippen LogP contribution is -2.18. The fraction of sp³-hybridized carbons (Fsp3) is 0.125. The Kier molecular flexibility index (Phi) is 3.87. The molecule has 2 aromatic carbocycles. The lowest BCUT2D eigenvalue weighted by Gasteiger charge is -2.17. The van der Waals surface area contributed by atoms with Gasteiger partial charge in [-0.25, -0.2) is 4.39 Å². The lowest BCUT2D eigenvalue weighted by atomic mass is 9.98. The van der Waals surface area contributed by atoms with Gasteiger partial charge in [0.2, 0.25) is 0 Å². The van der Waals surface area contributed by atoms with E-state index in [0.717, 1.165) is 10.0 Å². The summed E-state index contributed by atoms with van der Waals surface area (Å²) in [5.41, 5.74) is 1.77. The summed E-state index contributed by atoms with van der Waals surface area (Å²) >= 11 is 5.10. The smallest absolute Gasteiger partial charge is 0.128 e. The summed E-state index contributed by atoms with van der Waals surface area (Å²) in [6.45, 7) is 0. The molecule has 0 aliphatic heterocycles. The predicted octanol–water partition coefficient (Wildman–Crippen LogP) is 5.11. The van der Waals surface area contributed by atoms with Crippen LogP contribution in [-0.2, 0) is 0 Å². The van der Waals surface area contributed by atoms with E-state index in [1.165, 1.54) is 16.2 Å². The molecule has 102 valence electrons. The standard InChI is InChI=1S/C16H13BrFNS/c1-19-16(12-8-10(17)6-7-14(12)18)13-9-20-15-5-3-2-4-11(13)15/h2-9,16,19H,1H3. The number of hydrogen-bond donors (Lipinski definition) is 1. The molecular weight excluding hydrogens is 337 g/mol. The number of hydrogen-bond acceptors (Lipinski definition) is 2. The molecule has 1 unspecified atom stereocenters. The number of halogens is 2. The van der Waals surface area contributed by atoms with Crippen molar-refractivity contribution in [1.29, 1.82) is 0 Å². The maximum Gasteiger partial charge on any atom is 0.128 e. The van der Waals surface area contributed by atoms with E-state index in [9.17, 15) is 4.39 Å². The third kappa shape index (κ3) is 2.39. The van der Waals surface area contributed by atoms with Gasteiger partial charge in [-0.05, 0) is 47.6 Å². The van der Waals surface area contributed by atoms with Gasteiger partial charge in [0, 0.05) is 14.7 Å². The SMILES string of the molecule is CNC(c1cc(Br)ccc1F)c1csc2ccccc12. The highest BCUT2D eigenvalue weighted by molar-refractivity contribution is 9.10. The molecule has 1 atom stereocenters. The van der Waals surface area contributed by atoms with Gasteiger partial charge in [-0.2, -0.15) is 0 Å². The molecule has 1 nitrogen and oxygen atoms in total. The summed E-state index contributed by atoms with van der Waals surface area (Å²) < 4.78 is 16.2. The van der Waals surface area contributed by atoms with Crippen LogP contribution in [0.2, 0.25) is 0 Å². The molecule has 3 rings (SSSR count). The van der Waals surface area contributed by atoms with Crippen LogP contribution in [0.3, 0.4) is 0 Å². The van der Waals surface area contributed by atoms with E-state index in [2.05, 4.69) is 38.8 Å². The van der Waals surface area contributed by atoms with Crippen LogP contribution in [0.5, 0.6) is 0 Å². The Balaban J connectivity index is 2.16. The van der Waals surface area contributed by atoms with Gasteiger partial charge in [-0.1, -0.05) is 34.1 Å². The highest BCUT2D eigenvalue weighted by Crippen LogP contribution is 2.35. The van der Waals surface area contributed by atoms with Gasteiger partial charge < -0.3 is 5.32 Å². The Morgan fingerprint density at radius 1 is 1.15 bits per heavy atom. The zero-order valence-electron chi connectivity index (χ0n) is 10.9. The van der Waals surface area contributed by atoms with Crippen molar-refractivity contribution in [3.63, 3.8) is 0 Å². The fourth-order valence-electron chi connectivity index (χ4n) is 2.44. The van der Waals surface area contributed by atoms with Gasteiger partial charge in [-0.15, -0.1) is 11.3 Å². The first-order valence-corrected chi connectivity index (χ1v) is 7.96. The van der Waals surface area contributed by atoms with Gasteiger partial charge in [-0.3, -0.25) is 0 Å². The quantitative estimate of drug-likeness (QED) is 0.692. The van der Waals surface area contributed by atoms with Crippen LogP contribution < -0.4 is 5.32 Å². The van der Waals surface area contributed by atoms with Crippen LogP contribution in [0.15, 0.2) is 52.3 Å². The molecule has 0 aliphatic rings. The minimum absolute atomic E-state index is 0.149. The topological polar surface area (TPSA) is 12.0 Å². The molecule has 0 bridgehead atoms. The zero-order chi connectivity index (χ0) is 14.1. The van der Waals surface area contributed by atoms with Crippen molar-refractivity contribution in [3.8, 4) is 0 Å². The predicted molar refractivity (Wildman–Crippen MR) is 86.8 cm³/mol. The van der Waals surface area contributed by atoms with Crippen LogP contribution in [0.4, 0.5) is 4.39 Å². The second kappa shape index (κ2) is 5.64. The molecular formula is C16H13BrFNS. The molecule has 0 amide bonds. The average molecular weight is 350 g/mol. The maximum absolute atomic E-state index is 14.1. The first-order chi connectivity index (χ1) is 9.70. The van der Waals surface area contributed by atoms with Crippen molar-refractivity contribution < 1.29 is 4.39 Å². The van der Waals surface area contributed by atoms with Crippen molar-refractivity contribution in [2.24, 2.45) is 0 Å². The van der Waals surface area contributed by atoms with Crippen LogP contribution in [0, 0.1) is 5.82 Å². The molecule has 0 fully saturated rings. The molecule has 1 heterocycles. The number of rotatable bonds is 3. The molecule has 20 heavy (non-hydrogen) atoms. The highest BCUT2D eigenvalue weighted by Gasteiger charge is 2.19. The summed E-state index contributed by atoms with van der Waals surface area (Å²) in [5.74, 6) is -0.192. The van der Waals surface area contributed by atoms with Gasteiger partial charge >= 0.3 is 0 Å². The monoisotopic (exact) mass is 349 g/mol. The van der Waals surface area contributed by atoms with Crippen molar-refractivity contribution in [2.45, 2.75) is 6.04 Å². The van der Waals surface area contributed by atoms with Gasteiger partial charge in [0.05, 0.1) is 6.04 Å². The van der Waals surface area contributed by atoms with Crippen LogP contribution in [-0.4, -0.2) is 7.05 Å². The van der Waals surface area contributed by atoms with Crippen molar-refractivity contribution in [3.05, 3.63) is 69.3 Å². The summed E-state index contributed by atoms with van der Waals surface area (Å²) in [6, 6.07) is 13.1. The molecule has 1 aromatic heterocycles. The molecule has 0 spiro atoms. The van der Waals surface area contributed by atoms with Gasteiger partial charge in [0.25, 0.3) is 0 Å². The van der Waals surface area contributed by atoms with Crippen LogP contribution in [0.25, 0.3) is 10.1 Å². The van der Waals surface area contributed by atoms with Crippen molar-refractivity contribution >= 4 is 37.4 Å². The highest BCUT2D eigenvalue weighted by atomic mass is 79.9. The van der Waals surface area contributed by atoms with Gasteiger partial charge in [0.1, 0.15) is 5.82 Å². The lowest BCUT2D eigenvalue weighted by molar-refractivity contribution is 0.577. The van der Waals surface area contributed by atoms with E-state index in [0.29, 0.717) is 5.56 Å². The summed E-state index contributed by atoms with van der Waals surface area (Å²) in [4.78, 5) is 0. The van der Waals surface area contributed by atoms with Crippen LogP contribution >= 0.6 is 27.3 Å². The second-order valence-corrected chi connectivity index (χ2v) is 6.40. The molecule has 0 radical (unpaired) electrons. The molecule has 0 aliphatic carbocycles. The number of nitrogens with one attached hydrogen (secondary N) is 1. The second-order valence-electron chi connectivity index (χ2n) is 4.57. The number of fused-ring (bicyclic) bond motifs is 1. The number of thiophene rings is 1. The zero-order valence-corrected chi connectivity index (χ0v) is 13.3. The van der Waals surface area contributed by atoms with Crippen molar-refractivity contribution in [2.75, 3.05) is 7.05 Å². The third-order valence-corrected chi connectivity index (χ3v) is 4.85. The van der Waals surface area contributed by atoms with E-state index in [1.54, 1.807) is 17.4 Å². The Bertz CT molecular complexity index is 753. The first kappa shape index (κ1) is 13.7. The molecule has 3 aromatic rings. The van der Waals surface area contributed by atoms with E-state index in [4.69, 9.17) is 0 Å². The number of benzene rings is 2. The van der Waals surface area contributed by atoms with E-state index in [1.807, 2.05) is 25.2 Å². The minimum atomic E-state index is -0.192. The first-order valence-electron chi connectivity index (χ1n) is 6.29. The normalized spacial score (nSPS) is 12.8. The molecule has 4 heteroatoms. The van der Waals surface area contributed by atoms with Crippen molar-refractivity contribution in [1.82, 2.24) is 5.32 Å². The Hall–Kier alpha value is -1.23. The Labute approximate surface area is 129 Å². The Morgan fingerprint density at radius 2 is 1.95 bits per heavy atom. The van der Waals surface area contributed by atoms with E-state index in [-0.39, 0.29) is 11.9 Å². The van der Waals surface area contributed by atoms with E-state index >= 15 is 0 Å². The third-order valence-electron chi connectivity index (χ3n) is 3.38. The summed E-state index contributed by atoms with van der Waals surface area (Å²) in [6.07, 6.45) is 0. The minimum Gasteiger partial charge on any atom is -0.309 e. The molecule has 0 saturated heterocycles. The average Bonchev–Trinajstić information content (AvgIpc) is 2.88. The largest absolute Gasteiger partial charge is 0.309 e. The molecule has 0 saturated carbocycles. The van der Waals surface area contributed by atoms with Crippen LogP contribution in [0.1, 0.15) is 17.2 Å². The summed E-state index contributed by atoms with van der Waals surface area (Å²) in [7, 11) is 1.86. The molecule has 1 N–H and O–H groups in total. The fourth-order valence-corrected chi connectivity index (χ4v) is 3.80.